The van der Waals surface area contributed by atoms with E-state index in [0.717, 1.165) is 27.4 Å². The number of fused-ring (bicyclic) bond motifs is 3. The Morgan fingerprint density at radius 1 is 0.864 bits per heavy atom. The summed E-state index contributed by atoms with van der Waals surface area (Å²) in [5.74, 6) is 0.127. The van der Waals surface area contributed by atoms with Crippen molar-refractivity contribution in [1.29, 1.82) is 0 Å². The van der Waals surface area contributed by atoms with Crippen LogP contribution in [0, 0.1) is 23.6 Å². The van der Waals surface area contributed by atoms with Gasteiger partial charge in [0.05, 0.1) is 49.2 Å². The molecule has 59 heavy (non-hydrogen) atoms. The van der Waals surface area contributed by atoms with Crippen LogP contribution in [0.25, 0.3) is 44.2 Å². The molecule has 5 atom stereocenters. The van der Waals surface area contributed by atoms with Crippen molar-refractivity contribution in [2.24, 2.45) is 17.8 Å². The van der Waals surface area contributed by atoms with E-state index in [1.165, 1.54) is 20.3 Å². The first-order valence-electron chi connectivity index (χ1n) is 20.1. The van der Waals surface area contributed by atoms with Crippen LogP contribution in [0.3, 0.4) is 0 Å². The molecule has 0 spiro atoms. The Labute approximate surface area is 343 Å². The second-order valence-electron chi connectivity index (χ2n) is 16.5. The Morgan fingerprint density at radius 3 is 2.14 bits per heavy atom. The van der Waals surface area contributed by atoms with Crippen molar-refractivity contribution in [2.75, 3.05) is 20.8 Å². The fraction of sp³-hybridized carbons (Fsp3) is 0.455. The van der Waals surface area contributed by atoms with Crippen LogP contribution in [0.5, 0.6) is 0 Å². The van der Waals surface area contributed by atoms with Crippen LogP contribution in [0.15, 0.2) is 54.7 Å². The van der Waals surface area contributed by atoms with Gasteiger partial charge in [-0.2, -0.15) is 0 Å². The maximum absolute atomic E-state index is 15.9. The van der Waals surface area contributed by atoms with Crippen molar-refractivity contribution in [3.63, 3.8) is 0 Å². The lowest BCUT2D eigenvalue weighted by Gasteiger charge is -2.36. The fourth-order valence-electron chi connectivity index (χ4n) is 8.07. The van der Waals surface area contributed by atoms with E-state index in [0.29, 0.717) is 41.4 Å². The highest BCUT2D eigenvalue weighted by Crippen LogP contribution is 2.37. The third-order valence-corrected chi connectivity index (χ3v) is 11.2. The Bertz CT molecular complexity index is 2350. The van der Waals surface area contributed by atoms with E-state index in [9.17, 15) is 19.2 Å². The number of alkyl carbamates (subject to hydrolysis) is 2. The predicted octanol–water partition coefficient (Wildman–Crippen LogP) is 7.88. The van der Waals surface area contributed by atoms with E-state index in [1.54, 1.807) is 22.1 Å². The number of rotatable bonds is 12. The molecule has 15 heteroatoms. The number of imidazole rings is 2. The van der Waals surface area contributed by atoms with E-state index < -0.39 is 36.1 Å². The van der Waals surface area contributed by atoms with Crippen LogP contribution < -0.4 is 10.6 Å². The van der Waals surface area contributed by atoms with Crippen LogP contribution in [0.2, 0.25) is 0 Å². The molecule has 1 unspecified atom stereocenters. The number of hydrogen-bond donors (Lipinski definition) is 4. The minimum absolute atomic E-state index is 0.170. The monoisotopic (exact) mass is 810 g/mol. The van der Waals surface area contributed by atoms with Crippen LogP contribution in [0.1, 0.15) is 85.5 Å². The number of carbonyl (C=O) groups is 4. The second kappa shape index (κ2) is 17.5. The summed E-state index contributed by atoms with van der Waals surface area (Å²) in [6, 6.07) is 12.4. The molecule has 3 aromatic carbocycles. The van der Waals surface area contributed by atoms with Gasteiger partial charge in [0.25, 0.3) is 0 Å². The number of nitrogens with zero attached hydrogens (tertiary/aromatic N) is 4. The lowest BCUT2D eigenvalue weighted by Crippen LogP contribution is -2.53. The smallest absolute Gasteiger partial charge is 0.407 e. The van der Waals surface area contributed by atoms with Gasteiger partial charge in [0.1, 0.15) is 29.5 Å². The topological polar surface area (TPSA) is 175 Å². The van der Waals surface area contributed by atoms with Crippen LogP contribution in [0.4, 0.5) is 14.0 Å². The number of amides is 4. The summed E-state index contributed by atoms with van der Waals surface area (Å²) in [6.07, 6.45) is 0.917. The zero-order valence-corrected chi connectivity index (χ0v) is 35.3. The second-order valence-corrected chi connectivity index (χ2v) is 16.5. The third-order valence-electron chi connectivity index (χ3n) is 11.2. The first-order chi connectivity index (χ1) is 28.0. The van der Waals surface area contributed by atoms with Crippen molar-refractivity contribution >= 4 is 45.8 Å². The number of halogens is 1. The summed E-state index contributed by atoms with van der Waals surface area (Å²) >= 11 is 0. The minimum atomic E-state index is -0.780. The molecule has 1 aliphatic rings. The van der Waals surface area contributed by atoms with E-state index in [-0.39, 0.29) is 41.7 Å². The number of H-pyrrole nitrogens is 2. The van der Waals surface area contributed by atoms with Crippen molar-refractivity contribution in [3.05, 3.63) is 72.2 Å². The average molecular weight is 811 g/mol. The molecule has 4 amide bonds. The Hall–Kier alpha value is -5.99. The number of carbonyl (C=O) groups excluding carboxylic acids is 4. The lowest BCUT2D eigenvalue weighted by atomic mass is 9.99. The predicted molar refractivity (Wildman–Crippen MR) is 224 cm³/mol. The number of aromatic amines is 2. The molecule has 1 fully saturated rings. The Kier molecular flexibility index (Phi) is 12.6. The molecule has 314 valence electrons. The highest BCUT2D eigenvalue weighted by Gasteiger charge is 2.40. The molecule has 0 bridgehead atoms. The summed E-state index contributed by atoms with van der Waals surface area (Å²) in [4.78, 5) is 71.4. The van der Waals surface area contributed by atoms with E-state index in [1.807, 2.05) is 84.9 Å². The van der Waals surface area contributed by atoms with E-state index in [4.69, 9.17) is 14.5 Å². The number of likely N-dealkylation sites (tertiary alicyclic amines) is 1. The summed E-state index contributed by atoms with van der Waals surface area (Å²) < 4.78 is 25.5. The molecule has 0 radical (unpaired) electrons. The van der Waals surface area contributed by atoms with Crippen molar-refractivity contribution in [1.82, 2.24) is 40.4 Å². The summed E-state index contributed by atoms with van der Waals surface area (Å²) in [6.45, 7) is 15.8. The molecular weight excluding hydrogens is 756 g/mol. The number of nitrogens with one attached hydrogen (secondary N) is 4. The molecular formula is C44H55FN8O6. The van der Waals surface area contributed by atoms with Gasteiger partial charge < -0.3 is 39.9 Å². The standard InChI is InChI=1S/C44H55FN8O6/c1-22(2)36(50-43(56)58-9)41(54)52-21-25(7)17-35(52)40-46-20-34(48-40)31-15-12-28(19-32(31)45)27-11-14-30-29(18-27)13-16-33-38(30)49-39(47-33)26(8)53(24(5)6)42(55)37(23(3)4)51-44(57)59-10/h11-16,18-20,22-26,35-37H,17,21H2,1-10H3,(H,46,48)(H,47,49)(H,50,56)(H,51,57)/t25?,26-,35-,36-,37-/m0/s1. The normalized spacial score (nSPS) is 17.1. The Morgan fingerprint density at radius 2 is 1.51 bits per heavy atom. The van der Waals surface area contributed by atoms with Gasteiger partial charge in [-0.05, 0) is 85.7 Å². The van der Waals surface area contributed by atoms with E-state index in [2.05, 4.69) is 32.5 Å². The zero-order valence-electron chi connectivity index (χ0n) is 35.3. The maximum Gasteiger partial charge on any atom is 0.407 e. The highest BCUT2D eigenvalue weighted by atomic mass is 19.1. The van der Waals surface area contributed by atoms with Gasteiger partial charge >= 0.3 is 12.2 Å². The molecule has 4 N–H and O–H groups in total. The molecule has 1 saturated heterocycles. The first-order valence-corrected chi connectivity index (χ1v) is 20.1. The summed E-state index contributed by atoms with van der Waals surface area (Å²) in [5, 5.41) is 7.16. The fourth-order valence-corrected chi connectivity index (χ4v) is 8.07. The molecule has 14 nitrogen and oxygen atoms in total. The molecule has 5 aromatic rings. The number of ether oxygens (including phenoxy) is 2. The molecule has 1 aliphatic heterocycles. The van der Waals surface area contributed by atoms with Gasteiger partial charge in [-0.1, -0.05) is 58.9 Å². The van der Waals surface area contributed by atoms with Gasteiger partial charge in [-0.15, -0.1) is 0 Å². The van der Waals surface area contributed by atoms with Gasteiger partial charge in [-0.25, -0.2) is 23.9 Å². The third kappa shape index (κ3) is 8.74. The largest absolute Gasteiger partial charge is 0.453 e. The number of methoxy groups -OCH3 is 2. The maximum atomic E-state index is 15.9. The van der Waals surface area contributed by atoms with Crippen LogP contribution in [-0.2, 0) is 19.1 Å². The Balaban J connectivity index is 1.23. The number of benzene rings is 3. The molecule has 6 rings (SSSR count). The molecule has 0 saturated carbocycles. The highest BCUT2D eigenvalue weighted by molar-refractivity contribution is 6.05. The number of aromatic nitrogens is 4. The zero-order chi connectivity index (χ0) is 42.9. The summed E-state index contributed by atoms with van der Waals surface area (Å²) in [7, 11) is 2.53. The summed E-state index contributed by atoms with van der Waals surface area (Å²) in [5.41, 5.74) is 3.90. The SMILES string of the molecule is COC(=O)N[C@H](C(=O)N1CC(C)C[C@H]1c1ncc(-c2ccc(-c3ccc4c(ccc5[nH]c([C@H](C)N(C(=O)[C@@H](NC(=O)OC)C(C)C)C(C)C)nc54)c3)cc2F)[nH]1)C(C)C. The van der Waals surface area contributed by atoms with Gasteiger partial charge in [-0.3, -0.25) is 9.59 Å². The van der Waals surface area contributed by atoms with Crippen LogP contribution >= 0.6 is 0 Å². The van der Waals surface area contributed by atoms with Gasteiger partial charge in [0.2, 0.25) is 11.8 Å². The van der Waals surface area contributed by atoms with E-state index >= 15 is 4.39 Å². The average Bonchev–Trinajstić information content (AvgIpc) is 3.96. The first kappa shape index (κ1) is 42.6. The van der Waals surface area contributed by atoms with Crippen molar-refractivity contribution in [3.8, 4) is 22.4 Å². The lowest BCUT2D eigenvalue weighted by molar-refractivity contribution is -0.139. The minimum Gasteiger partial charge on any atom is -0.453 e. The van der Waals surface area contributed by atoms with Gasteiger partial charge in [0.15, 0.2) is 0 Å². The van der Waals surface area contributed by atoms with Gasteiger partial charge in [0, 0.05) is 23.5 Å². The molecule has 3 heterocycles. The number of hydrogen-bond acceptors (Lipinski definition) is 8. The molecule has 2 aromatic heterocycles. The van der Waals surface area contributed by atoms with Crippen LogP contribution in [-0.4, -0.2) is 92.6 Å². The van der Waals surface area contributed by atoms with Crippen molar-refractivity contribution < 1.29 is 33.0 Å². The molecule has 0 aliphatic carbocycles. The quantitative estimate of drug-likeness (QED) is 0.0985. The van der Waals surface area contributed by atoms with Crippen molar-refractivity contribution in [2.45, 2.75) is 92.0 Å².